The molecule has 4 aliphatic rings. The van der Waals surface area contributed by atoms with Crippen LogP contribution in [0.5, 0.6) is 0 Å². The molecule has 23 heavy (non-hydrogen) atoms. The van der Waals surface area contributed by atoms with Crippen molar-refractivity contribution in [3.63, 3.8) is 0 Å². The van der Waals surface area contributed by atoms with Gasteiger partial charge >= 0.3 is 14.5 Å². The van der Waals surface area contributed by atoms with Crippen LogP contribution >= 0.6 is 14.5 Å². The zero-order valence-corrected chi connectivity index (χ0v) is 15.6. The zero-order chi connectivity index (χ0) is 16.2. The van der Waals surface area contributed by atoms with Crippen molar-refractivity contribution in [1.29, 1.82) is 0 Å². The van der Waals surface area contributed by atoms with Crippen LogP contribution in [0.1, 0.15) is 51.4 Å². The summed E-state index contributed by atoms with van der Waals surface area (Å²) in [5.74, 6) is 1.94. The van der Waals surface area contributed by atoms with Gasteiger partial charge in [0, 0.05) is 0 Å². The van der Waals surface area contributed by atoms with E-state index in [1.807, 2.05) is 0 Å². The normalized spacial score (nSPS) is 46.9. The molecule has 8 atom stereocenters. The molecule has 0 aromatic carbocycles. The van der Waals surface area contributed by atoms with E-state index in [-0.39, 0.29) is 12.2 Å². The highest BCUT2D eigenvalue weighted by atomic mass is 32.5. The molecule has 0 aliphatic heterocycles. The lowest BCUT2D eigenvalue weighted by atomic mass is 9.98. The van der Waals surface area contributed by atoms with Gasteiger partial charge in [0.15, 0.2) is 0 Å². The Kier molecular flexibility index (Phi) is 4.57. The Bertz CT molecular complexity index is 523. The Balaban J connectivity index is 1.33. The average Bonchev–Trinajstić information content (AvgIpc) is 3.15. The Morgan fingerprint density at radius 3 is 1.78 bits per heavy atom. The van der Waals surface area contributed by atoms with Gasteiger partial charge in [0.25, 0.3) is 0 Å². The monoisotopic (exact) mass is 382 g/mol. The molecule has 0 saturated heterocycles. The smallest absolute Gasteiger partial charge is 0.324 e. The molecule has 0 spiro atoms. The Labute approximate surface area is 141 Å². The molecule has 0 radical (unpaired) electrons. The second-order valence-electron chi connectivity index (χ2n) is 7.66. The summed E-state index contributed by atoms with van der Waals surface area (Å²) in [5.41, 5.74) is 0. The van der Waals surface area contributed by atoms with Crippen LogP contribution in [-0.2, 0) is 29.7 Å². The van der Waals surface area contributed by atoms with Crippen LogP contribution in [0.25, 0.3) is 0 Å². The number of hydrogen-bond donors (Lipinski definition) is 2. The zero-order valence-electron chi connectivity index (χ0n) is 13.0. The highest BCUT2D eigenvalue weighted by molar-refractivity contribution is 8.08. The van der Waals surface area contributed by atoms with E-state index in [2.05, 4.69) is 0 Å². The first-order valence-electron chi connectivity index (χ1n) is 8.53. The van der Waals surface area contributed by atoms with E-state index in [9.17, 15) is 14.4 Å². The van der Waals surface area contributed by atoms with E-state index < -0.39 is 14.5 Å². The minimum Gasteiger partial charge on any atom is -0.324 e. The minimum atomic E-state index is -4.40. The van der Waals surface area contributed by atoms with Gasteiger partial charge in [-0.3, -0.25) is 4.52 Å². The molecule has 132 valence electrons. The maximum atomic E-state index is 12.2. The lowest BCUT2D eigenvalue weighted by molar-refractivity contribution is 0.0791. The second kappa shape index (κ2) is 6.14. The van der Waals surface area contributed by atoms with Gasteiger partial charge in [0.2, 0.25) is 0 Å². The van der Waals surface area contributed by atoms with Crippen molar-refractivity contribution in [2.45, 2.75) is 63.6 Å². The van der Waals surface area contributed by atoms with Crippen LogP contribution < -0.4 is 0 Å². The highest BCUT2D eigenvalue weighted by Crippen LogP contribution is 2.65. The van der Waals surface area contributed by atoms with Gasteiger partial charge < -0.3 is 14.3 Å². The standard InChI is InChI=1S/C14H24O6P2S/c15-21(16,18-13-7-9-1-3-11(13)5-9)20-22(17,23)19-14-8-10-2-4-12(14)6-10/h9-14H,1-8H2,(H,15,16)(H,17,23). The van der Waals surface area contributed by atoms with E-state index in [0.717, 1.165) is 38.5 Å². The van der Waals surface area contributed by atoms with Gasteiger partial charge in [0.05, 0.1) is 12.2 Å². The van der Waals surface area contributed by atoms with Crippen LogP contribution in [-0.4, -0.2) is 22.0 Å². The summed E-state index contributed by atoms with van der Waals surface area (Å²) in [7, 11) is -4.40. The van der Waals surface area contributed by atoms with Crippen LogP contribution in [0.2, 0.25) is 0 Å². The third kappa shape index (κ3) is 3.78. The van der Waals surface area contributed by atoms with Gasteiger partial charge in [-0.2, -0.15) is 0 Å². The van der Waals surface area contributed by atoms with Crippen molar-refractivity contribution in [2.24, 2.45) is 23.7 Å². The molecule has 4 rings (SSSR count). The van der Waals surface area contributed by atoms with Crippen molar-refractivity contribution in [2.75, 3.05) is 0 Å². The highest BCUT2D eigenvalue weighted by Gasteiger charge is 2.47. The van der Waals surface area contributed by atoms with E-state index in [1.54, 1.807) is 0 Å². The molecule has 4 saturated carbocycles. The molecule has 0 amide bonds. The van der Waals surface area contributed by atoms with E-state index in [4.69, 9.17) is 25.2 Å². The molecule has 4 bridgehead atoms. The first-order chi connectivity index (χ1) is 10.8. The number of fused-ring (bicyclic) bond motifs is 4. The summed E-state index contributed by atoms with van der Waals surface area (Å²) in [6, 6.07) is 0. The summed E-state index contributed by atoms with van der Waals surface area (Å²) < 4.78 is 28.0. The number of phosphoric ester groups is 1. The topological polar surface area (TPSA) is 85.2 Å². The molecule has 8 unspecified atom stereocenters. The van der Waals surface area contributed by atoms with E-state index >= 15 is 0 Å². The molecule has 6 nitrogen and oxygen atoms in total. The molecule has 2 N–H and O–H groups in total. The lowest BCUT2D eigenvalue weighted by Crippen LogP contribution is -2.21. The van der Waals surface area contributed by atoms with Crippen LogP contribution in [0.15, 0.2) is 0 Å². The van der Waals surface area contributed by atoms with Gasteiger partial charge in [0.1, 0.15) is 0 Å². The fourth-order valence-corrected chi connectivity index (χ4v) is 8.78. The fraction of sp³-hybridized carbons (Fsp3) is 1.00. The van der Waals surface area contributed by atoms with Gasteiger partial charge in [-0.15, -0.1) is 0 Å². The SMILES string of the molecule is O=P(O)(OC1CC2CCC1C2)OP(O)(=S)OC1CC2CCC1C2. The Morgan fingerprint density at radius 1 is 0.826 bits per heavy atom. The van der Waals surface area contributed by atoms with Crippen molar-refractivity contribution in [3.05, 3.63) is 0 Å². The maximum Gasteiger partial charge on any atom is 0.479 e. The largest absolute Gasteiger partial charge is 0.479 e. The van der Waals surface area contributed by atoms with Crippen molar-refractivity contribution in [1.82, 2.24) is 0 Å². The number of phosphoric acid groups is 1. The molecule has 9 heteroatoms. The Morgan fingerprint density at radius 2 is 1.35 bits per heavy atom. The van der Waals surface area contributed by atoms with E-state index in [1.165, 1.54) is 12.8 Å². The predicted octanol–water partition coefficient (Wildman–Crippen LogP) is 3.73. The molecule has 4 fully saturated rings. The summed E-state index contributed by atoms with van der Waals surface area (Å²) in [5, 5.41) is 0. The van der Waals surface area contributed by atoms with Crippen molar-refractivity contribution < 1.29 is 27.7 Å². The molecule has 0 aromatic heterocycles. The van der Waals surface area contributed by atoms with E-state index in [0.29, 0.717) is 23.7 Å². The molecular weight excluding hydrogens is 358 g/mol. The number of rotatable bonds is 6. The fourth-order valence-electron chi connectivity index (χ4n) is 5.14. The third-order valence-corrected chi connectivity index (χ3v) is 9.67. The Hall–Kier alpha value is 0.680. The van der Waals surface area contributed by atoms with Gasteiger partial charge in [-0.1, -0.05) is 0 Å². The molecule has 4 aliphatic carbocycles. The van der Waals surface area contributed by atoms with Gasteiger partial charge in [-0.05, 0) is 86.8 Å². The first kappa shape index (κ1) is 17.1. The first-order valence-corrected chi connectivity index (χ1v) is 12.6. The molecule has 0 aromatic rings. The molecular formula is C14H24O6P2S. The van der Waals surface area contributed by atoms with Crippen LogP contribution in [0.4, 0.5) is 0 Å². The van der Waals surface area contributed by atoms with Crippen LogP contribution in [0.3, 0.4) is 0 Å². The predicted molar refractivity (Wildman–Crippen MR) is 88.1 cm³/mol. The summed E-state index contributed by atoms with van der Waals surface area (Å²) in [6.45, 7) is -3.77. The maximum absolute atomic E-state index is 12.2. The van der Waals surface area contributed by atoms with Crippen molar-refractivity contribution in [3.8, 4) is 0 Å². The minimum absolute atomic E-state index is 0.146. The summed E-state index contributed by atoms with van der Waals surface area (Å²) in [4.78, 5) is 20.2. The second-order valence-corrected chi connectivity index (χ2v) is 12.0. The van der Waals surface area contributed by atoms with Crippen LogP contribution in [0, 0.1) is 23.7 Å². The van der Waals surface area contributed by atoms with Crippen molar-refractivity contribution >= 4 is 26.3 Å². The quantitative estimate of drug-likeness (QED) is 0.677. The molecule has 0 heterocycles. The summed E-state index contributed by atoms with van der Waals surface area (Å²) in [6.07, 6.45) is 7.87. The third-order valence-electron chi connectivity index (χ3n) is 6.09. The van der Waals surface area contributed by atoms with Gasteiger partial charge in [-0.25, -0.2) is 8.88 Å². The average molecular weight is 382 g/mol. The lowest BCUT2D eigenvalue weighted by Gasteiger charge is -2.28. The summed E-state index contributed by atoms with van der Waals surface area (Å²) >= 11 is 4.96. The number of hydrogen-bond acceptors (Lipinski definition) is 5.